The van der Waals surface area contributed by atoms with Gasteiger partial charge in [-0.05, 0) is 38.0 Å². The molecule has 0 amide bonds. The lowest BCUT2D eigenvalue weighted by Crippen LogP contribution is -2.24. The number of nitriles is 1. The van der Waals surface area contributed by atoms with Gasteiger partial charge in [0, 0.05) is 0 Å². The van der Waals surface area contributed by atoms with Crippen molar-refractivity contribution < 1.29 is 8.42 Å². The summed E-state index contributed by atoms with van der Waals surface area (Å²) < 4.78 is 25.9. The Kier molecular flexibility index (Phi) is 3.63. The number of rotatable bonds is 3. The summed E-state index contributed by atoms with van der Waals surface area (Å²) in [5.41, 5.74) is 8.13. The van der Waals surface area contributed by atoms with Gasteiger partial charge in [-0.25, -0.2) is 8.42 Å². The maximum Gasteiger partial charge on any atom is 0.248 e. The second-order valence-corrected chi connectivity index (χ2v) is 5.89. The van der Waals surface area contributed by atoms with Crippen LogP contribution < -0.4 is 10.5 Å². The van der Waals surface area contributed by atoms with E-state index in [4.69, 9.17) is 11.0 Å². The molecule has 92 valence electrons. The van der Waals surface area contributed by atoms with Gasteiger partial charge in [-0.15, -0.1) is 0 Å². The highest BCUT2D eigenvalue weighted by molar-refractivity contribution is 7.93. The van der Waals surface area contributed by atoms with Crippen LogP contribution >= 0.6 is 0 Å². The van der Waals surface area contributed by atoms with E-state index in [-0.39, 0.29) is 0 Å². The maximum atomic E-state index is 11.8. The molecule has 0 saturated heterocycles. The van der Waals surface area contributed by atoms with Crippen molar-refractivity contribution in [1.82, 2.24) is 0 Å². The van der Waals surface area contributed by atoms with Crippen LogP contribution in [0.5, 0.6) is 0 Å². The van der Waals surface area contributed by atoms with Crippen LogP contribution in [0.25, 0.3) is 0 Å². The summed E-state index contributed by atoms with van der Waals surface area (Å²) in [6.07, 6.45) is 0. The number of aryl methyl sites for hydroxylation is 1. The van der Waals surface area contributed by atoms with E-state index in [0.29, 0.717) is 11.4 Å². The van der Waals surface area contributed by atoms with Gasteiger partial charge in [0.15, 0.2) is 5.25 Å². The molecule has 1 rings (SSSR count). The smallest absolute Gasteiger partial charge is 0.248 e. The van der Waals surface area contributed by atoms with Crippen LogP contribution in [0, 0.1) is 25.2 Å². The van der Waals surface area contributed by atoms with Crippen molar-refractivity contribution in [3.05, 3.63) is 23.3 Å². The summed E-state index contributed by atoms with van der Waals surface area (Å²) in [4.78, 5) is 0. The Balaban J connectivity index is 3.22. The highest BCUT2D eigenvalue weighted by Crippen LogP contribution is 2.27. The van der Waals surface area contributed by atoms with Gasteiger partial charge in [0.25, 0.3) is 0 Å². The first kappa shape index (κ1) is 13.3. The van der Waals surface area contributed by atoms with Crippen molar-refractivity contribution >= 4 is 21.4 Å². The van der Waals surface area contributed by atoms with Crippen LogP contribution in [-0.2, 0) is 10.0 Å². The number of nitrogens with two attached hydrogens (primary N) is 1. The van der Waals surface area contributed by atoms with E-state index < -0.39 is 15.3 Å². The van der Waals surface area contributed by atoms with Crippen LogP contribution in [-0.4, -0.2) is 13.7 Å². The minimum atomic E-state index is -3.72. The van der Waals surface area contributed by atoms with Gasteiger partial charge in [-0.1, -0.05) is 6.07 Å². The van der Waals surface area contributed by atoms with E-state index in [2.05, 4.69) is 4.72 Å². The molecule has 0 aliphatic rings. The second kappa shape index (κ2) is 4.63. The van der Waals surface area contributed by atoms with Crippen molar-refractivity contribution in [3.63, 3.8) is 0 Å². The molecule has 6 heteroatoms. The first-order valence-corrected chi connectivity index (χ1v) is 6.61. The number of hydrogen-bond donors (Lipinski definition) is 2. The van der Waals surface area contributed by atoms with Gasteiger partial charge in [0.1, 0.15) is 0 Å². The molecule has 1 unspecified atom stereocenters. The van der Waals surface area contributed by atoms with Gasteiger partial charge in [0.05, 0.1) is 17.4 Å². The van der Waals surface area contributed by atoms with E-state index >= 15 is 0 Å². The van der Waals surface area contributed by atoms with Crippen molar-refractivity contribution in [2.45, 2.75) is 26.0 Å². The fourth-order valence-electron chi connectivity index (χ4n) is 1.27. The number of benzene rings is 1. The summed E-state index contributed by atoms with van der Waals surface area (Å²) in [6.45, 7) is 4.96. The predicted molar refractivity (Wildman–Crippen MR) is 67.9 cm³/mol. The number of anilines is 2. The Labute approximate surface area is 101 Å². The molecule has 0 saturated carbocycles. The number of nitrogens with one attached hydrogen (secondary N) is 1. The molecule has 0 aliphatic heterocycles. The molecular weight excluding hydrogens is 238 g/mol. The van der Waals surface area contributed by atoms with E-state index in [9.17, 15) is 8.42 Å². The molecule has 5 nitrogen and oxygen atoms in total. The zero-order valence-electron chi connectivity index (χ0n) is 9.98. The third-order valence-corrected chi connectivity index (χ3v) is 4.18. The quantitative estimate of drug-likeness (QED) is 0.798. The minimum absolute atomic E-state index is 0.349. The van der Waals surface area contributed by atoms with Crippen LogP contribution in [0.1, 0.15) is 18.1 Å². The van der Waals surface area contributed by atoms with Gasteiger partial charge in [-0.3, -0.25) is 4.72 Å². The predicted octanol–water partition coefficient (Wildman–Crippen LogP) is 1.54. The Bertz CT molecular complexity index is 573. The minimum Gasteiger partial charge on any atom is -0.397 e. The zero-order chi connectivity index (χ0) is 13.2. The SMILES string of the molecule is Cc1ccc(N)c(NS(=O)(=O)C(C)C#N)c1C. The summed E-state index contributed by atoms with van der Waals surface area (Å²) in [5.74, 6) is 0. The first-order valence-electron chi connectivity index (χ1n) is 5.06. The lowest BCUT2D eigenvalue weighted by Gasteiger charge is -2.15. The summed E-state index contributed by atoms with van der Waals surface area (Å²) in [6, 6.07) is 5.14. The first-order chi connectivity index (χ1) is 7.79. The molecule has 0 heterocycles. The van der Waals surface area contributed by atoms with Crippen LogP contribution in [0.15, 0.2) is 12.1 Å². The third kappa shape index (κ3) is 2.68. The van der Waals surface area contributed by atoms with Crippen LogP contribution in [0.4, 0.5) is 11.4 Å². The molecule has 0 aliphatic carbocycles. The fourth-order valence-corrected chi connectivity index (χ4v) is 2.14. The summed E-state index contributed by atoms with van der Waals surface area (Å²) in [7, 11) is -3.72. The molecule has 0 spiro atoms. The lowest BCUT2D eigenvalue weighted by atomic mass is 10.1. The van der Waals surface area contributed by atoms with E-state index in [1.807, 2.05) is 13.0 Å². The Morgan fingerprint density at radius 1 is 1.41 bits per heavy atom. The van der Waals surface area contributed by atoms with Crippen LogP contribution in [0.2, 0.25) is 0 Å². The number of nitrogens with zero attached hydrogens (tertiary/aromatic N) is 1. The maximum absolute atomic E-state index is 11.8. The van der Waals surface area contributed by atoms with Crippen molar-refractivity contribution in [2.75, 3.05) is 10.5 Å². The van der Waals surface area contributed by atoms with Gasteiger partial charge >= 0.3 is 0 Å². The zero-order valence-corrected chi connectivity index (χ0v) is 10.8. The second-order valence-electron chi connectivity index (χ2n) is 3.89. The molecule has 0 bridgehead atoms. The van der Waals surface area contributed by atoms with E-state index in [1.165, 1.54) is 6.92 Å². The summed E-state index contributed by atoms with van der Waals surface area (Å²) >= 11 is 0. The molecular formula is C11H15N3O2S. The number of hydrogen-bond acceptors (Lipinski definition) is 4. The monoisotopic (exact) mass is 253 g/mol. The summed E-state index contributed by atoms with van der Waals surface area (Å²) in [5, 5.41) is 7.52. The molecule has 0 radical (unpaired) electrons. The highest BCUT2D eigenvalue weighted by Gasteiger charge is 2.22. The Morgan fingerprint density at radius 2 is 2.00 bits per heavy atom. The van der Waals surface area contributed by atoms with Gasteiger partial charge in [-0.2, -0.15) is 5.26 Å². The van der Waals surface area contributed by atoms with Gasteiger partial charge in [0.2, 0.25) is 10.0 Å². The lowest BCUT2D eigenvalue weighted by molar-refractivity contribution is 0.597. The molecule has 3 N–H and O–H groups in total. The molecule has 17 heavy (non-hydrogen) atoms. The van der Waals surface area contributed by atoms with Crippen molar-refractivity contribution in [1.29, 1.82) is 5.26 Å². The molecule has 0 aromatic heterocycles. The molecule has 1 atom stereocenters. The normalized spacial score (nSPS) is 12.8. The molecule has 1 aromatic carbocycles. The average Bonchev–Trinajstić information content (AvgIpc) is 2.28. The van der Waals surface area contributed by atoms with E-state index in [1.54, 1.807) is 19.1 Å². The van der Waals surface area contributed by atoms with Crippen molar-refractivity contribution in [2.24, 2.45) is 0 Å². The number of sulfonamides is 1. The standard InChI is InChI=1S/C11H15N3O2S/c1-7-4-5-10(13)11(9(7)3)14-17(15,16)8(2)6-12/h4-5,8,14H,13H2,1-3H3. The number of nitrogen functional groups attached to an aromatic ring is 1. The topological polar surface area (TPSA) is 96.0 Å². The van der Waals surface area contributed by atoms with E-state index in [0.717, 1.165) is 11.1 Å². The largest absolute Gasteiger partial charge is 0.397 e. The Hall–Kier alpha value is -1.74. The highest BCUT2D eigenvalue weighted by atomic mass is 32.2. The molecule has 1 aromatic rings. The fraction of sp³-hybridized carbons (Fsp3) is 0.364. The third-order valence-electron chi connectivity index (χ3n) is 2.66. The molecule has 0 fully saturated rings. The Morgan fingerprint density at radius 3 is 2.53 bits per heavy atom. The van der Waals surface area contributed by atoms with Gasteiger partial charge < -0.3 is 5.73 Å². The van der Waals surface area contributed by atoms with Crippen molar-refractivity contribution in [3.8, 4) is 6.07 Å². The average molecular weight is 253 g/mol. The van der Waals surface area contributed by atoms with Crippen LogP contribution in [0.3, 0.4) is 0 Å².